The van der Waals surface area contributed by atoms with Crippen LogP contribution in [-0.2, 0) is 20.0 Å². The molecule has 0 aliphatic heterocycles. The normalized spacial score (nSPS) is 11.5. The molecule has 3 rings (SSSR count). The van der Waals surface area contributed by atoms with E-state index in [1.165, 1.54) is 50.6 Å². The van der Waals surface area contributed by atoms with Gasteiger partial charge in [-0.15, -0.1) is 0 Å². The molecule has 0 spiro atoms. The quantitative estimate of drug-likeness (QED) is 0.501. The van der Waals surface area contributed by atoms with Gasteiger partial charge in [0.1, 0.15) is 5.75 Å². The number of rotatable bonds is 8. The molecule has 9 nitrogen and oxygen atoms in total. The Bertz CT molecular complexity index is 1350. The average molecular weight is 490 g/mol. The summed E-state index contributed by atoms with van der Waals surface area (Å²) in [4.78, 5) is 12.8. The summed E-state index contributed by atoms with van der Waals surface area (Å²) in [5, 5.41) is 2.66. The maximum atomic E-state index is 12.8. The van der Waals surface area contributed by atoms with Gasteiger partial charge < -0.3 is 10.1 Å². The summed E-state index contributed by atoms with van der Waals surface area (Å²) in [6.45, 7) is 0. The Morgan fingerprint density at radius 3 is 2.00 bits per heavy atom. The number of nitrogens with zero attached hydrogens (tertiary/aromatic N) is 1. The molecule has 33 heavy (non-hydrogen) atoms. The molecule has 0 heterocycles. The van der Waals surface area contributed by atoms with E-state index in [2.05, 4.69) is 10.0 Å². The van der Waals surface area contributed by atoms with E-state index in [1.807, 2.05) is 0 Å². The monoisotopic (exact) mass is 489 g/mol. The van der Waals surface area contributed by atoms with Gasteiger partial charge in [0.25, 0.3) is 15.9 Å². The number of sulfonamides is 2. The van der Waals surface area contributed by atoms with Gasteiger partial charge in [-0.2, -0.15) is 0 Å². The van der Waals surface area contributed by atoms with E-state index in [1.54, 1.807) is 36.4 Å². The van der Waals surface area contributed by atoms with Gasteiger partial charge in [0.15, 0.2) is 0 Å². The fourth-order valence-electron chi connectivity index (χ4n) is 2.91. The predicted octanol–water partition coefficient (Wildman–Crippen LogP) is 3.14. The topological polar surface area (TPSA) is 122 Å². The molecule has 174 valence electrons. The van der Waals surface area contributed by atoms with E-state index in [0.29, 0.717) is 17.1 Å². The van der Waals surface area contributed by atoms with Gasteiger partial charge in [-0.05, 0) is 60.7 Å². The van der Waals surface area contributed by atoms with Crippen molar-refractivity contribution in [1.82, 2.24) is 0 Å². The summed E-state index contributed by atoms with van der Waals surface area (Å²) in [6.07, 6.45) is 1.04. The van der Waals surface area contributed by atoms with Gasteiger partial charge in [0.2, 0.25) is 10.0 Å². The van der Waals surface area contributed by atoms with Crippen LogP contribution in [0.1, 0.15) is 10.4 Å². The molecule has 3 aromatic carbocycles. The van der Waals surface area contributed by atoms with Crippen LogP contribution in [0.25, 0.3) is 0 Å². The molecule has 2 N–H and O–H groups in total. The van der Waals surface area contributed by atoms with Crippen molar-refractivity contribution < 1.29 is 26.4 Å². The molecule has 11 heteroatoms. The van der Waals surface area contributed by atoms with Crippen molar-refractivity contribution in [2.75, 3.05) is 34.8 Å². The number of carbonyl (C=O) groups excluding carboxylic acids is 1. The molecular weight excluding hydrogens is 466 g/mol. The van der Waals surface area contributed by atoms with Crippen LogP contribution in [0.5, 0.6) is 5.75 Å². The first-order chi connectivity index (χ1) is 15.5. The molecule has 0 saturated carbocycles. The van der Waals surface area contributed by atoms with Crippen LogP contribution in [0, 0.1) is 0 Å². The standard InChI is InChI=1S/C22H23N3O6S2/c1-25(32(3,27)28)21-7-5-4-6-20(21)22(26)23-16-10-14-19(15-11-16)33(29,30)24-17-8-12-18(31-2)13-9-17/h4-15,24H,1-3H3,(H,23,26). The summed E-state index contributed by atoms with van der Waals surface area (Å²) in [5.41, 5.74) is 1.10. The van der Waals surface area contributed by atoms with Gasteiger partial charge in [0.05, 0.1) is 29.5 Å². The second-order valence-corrected chi connectivity index (χ2v) is 10.8. The molecule has 0 fully saturated rings. The minimum Gasteiger partial charge on any atom is -0.497 e. The lowest BCUT2D eigenvalue weighted by Gasteiger charge is -2.19. The Balaban J connectivity index is 1.76. The van der Waals surface area contributed by atoms with E-state index in [9.17, 15) is 21.6 Å². The van der Waals surface area contributed by atoms with Crippen molar-refractivity contribution in [3.63, 3.8) is 0 Å². The number of benzene rings is 3. The maximum Gasteiger partial charge on any atom is 0.261 e. The molecule has 3 aromatic rings. The Labute approximate surface area is 193 Å². The molecular formula is C22H23N3O6S2. The molecule has 0 atom stereocenters. The van der Waals surface area contributed by atoms with Gasteiger partial charge in [0, 0.05) is 18.4 Å². The van der Waals surface area contributed by atoms with Gasteiger partial charge in [-0.1, -0.05) is 12.1 Å². The molecule has 1 amide bonds. The number of methoxy groups -OCH3 is 1. The minimum absolute atomic E-state index is 0.00790. The van der Waals surface area contributed by atoms with Crippen molar-refractivity contribution in [3.05, 3.63) is 78.4 Å². The molecule has 0 unspecified atom stereocenters. The first kappa shape index (κ1) is 24.1. The minimum atomic E-state index is -3.84. The summed E-state index contributed by atoms with van der Waals surface area (Å²) in [6, 6.07) is 18.3. The summed E-state index contributed by atoms with van der Waals surface area (Å²) >= 11 is 0. The van der Waals surface area contributed by atoms with Crippen molar-refractivity contribution in [1.29, 1.82) is 0 Å². The molecule has 0 radical (unpaired) electrons. The first-order valence-electron chi connectivity index (χ1n) is 9.62. The van der Waals surface area contributed by atoms with E-state index in [0.717, 1.165) is 10.6 Å². The number of carbonyl (C=O) groups is 1. The Kier molecular flexibility index (Phi) is 6.94. The lowest BCUT2D eigenvalue weighted by atomic mass is 10.1. The molecule has 0 bridgehead atoms. The van der Waals surface area contributed by atoms with Crippen LogP contribution in [0.4, 0.5) is 17.1 Å². The van der Waals surface area contributed by atoms with Crippen LogP contribution in [0.15, 0.2) is 77.7 Å². The van der Waals surface area contributed by atoms with E-state index in [4.69, 9.17) is 4.74 Å². The molecule has 0 aliphatic rings. The Morgan fingerprint density at radius 2 is 1.42 bits per heavy atom. The zero-order valence-corrected chi connectivity index (χ0v) is 19.8. The van der Waals surface area contributed by atoms with E-state index < -0.39 is 26.0 Å². The van der Waals surface area contributed by atoms with Crippen LogP contribution < -0.4 is 19.1 Å². The lowest BCUT2D eigenvalue weighted by Crippen LogP contribution is -2.27. The number of nitrogens with one attached hydrogen (secondary N) is 2. The second kappa shape index (κ2) is 9.51. The number of hydrogen-bond donors (Lipinski definition) is 2. The van der Waals surface area contributed by atoms with Crippen molar-refractivity contribution in [2.24, 2.45) is 0 Å². The van der Waals surface area contributed by atoms with Gasteiger partial charge >= 0.3 is 0 Å². The second-order valence-electron chi connectivity index (χ2n) is 7.06. The predicted molar refractivity (Wildman–Crippen MR) is 128 cm³/mol. The number of para-hydroxylation sites is 1. The van der Waals surface area contributed by atoms with E-state index >= 15 is 0 Å². The number of hydrogen-bond acceptors (Lipinski definition) is 6. The molecule has 0 aliphatic carbocycles. The van der Waals surface area contributed by atoms with Gasteiger partial charge in [-0.25, -0.2) is 16.8 Å². The molecule has 0 saturated heterocycles. The third kappa shape index (κ3) is 5.82. The van der Waals surface area contributed by atoms with Crippen molar-refractivity contribution in [3.8, 4) is 5.75 Å². The third-order valence-electron chi connectivity index (χ3n) is 4.75. The largest absolute Gasteiger partial charge is 0.497 e. The summed E-state index contributed by atoms with van der Waals surface area (Å²) in [5.74, 6) is 0.0652. The average Bonchev–Trinajstić information content (AvgIpc) is 2.78. The van der Waals surface area contributed by atoms with Crippen LogP contribution in [0.3, 0.4) is 0 Å². The van der Waals surface area contributed by atoms with Crippen LogP contribution in [-0.4, -0.2) is 43.2 Å². The highest BCUT2D eigenvalue weighted by Crippen LogP contribution is 2.24. The molecule has 0 aromatic heterocycles. The highest BCUT2D eigenvalue weighted by molar-refractivity contribution is 7.92. The van der Waals surface area contributed by atoms with Crippen LogP contribution in [0.2, 0.25) is 0 Å². The fourth-order valence-corrected chi connectivity index (χ4v) is 4.48. The number of ether oxygens (including phenoxy) is 1. The Morgan fingerprint density at radius 1 is 0.848 bits per heavy atom. The Hall–Kier alpha value is -3.57. The fraction of sp³-hybridized carbons (Fsp3) is 0.136. The zero-order valence-electron chi connectivity index (χ0n) is 18.1. The highest BCUT2D eigenvalue weighted by atomic mass is 32.2. The number of anilines is 3. The van der Waals surface area contributed by atoms with Gasteiger partial charge in [-0.3, -0.25) is 13.8 Å². The van der Waals surface area contributed by atoms with Crippen molar-refractivity contribution >= 4 is 43.0 Å². The first-order valence-corrected chi connectivity index (χ1v) is 13.0. The highest BCUT2D eigenvalue weighted by Gasteiger charge is 2.20. The zero-order chi connectivity index (χ0) is 24.2. The summed E-state index contributed by atoms with van der Waals surface area (Å²) in [7, 11) is -4.53. The SMILES string of the molecule is COc1ccc(NS(=O)(=O)c2ccc(NC(=O)c3ccccc3N(C)S(C)(=O)=O)cc2)cc1. The van der Waals surface area contributed by atoms with E-state index in [-0.39, 0.29) is 16.1 Å². The number of amides is 1. The lowest BCUT2D eigenvalue weighted by molar-refractivity contribution is 0.102. The maximum absolute atomic E-state index is 12.8. The smallest absolute Gasteiger partial charge is 0.261 e. The summed E-state index contributed by atoms with van der Waals surface area (Å²) < 4.78 is 57.6. The third-order valence-corrected chi connectivity index (χ3v) is 7.34. The van der Waals surface area contributed by atoms with Crippen LogP contribution >= 0.6 is 0 Å². The van der Waals surface area contributed by atoms with Crippen molar-refractivity contribution in [2.45, 2.75) is 4.90 Å².